The zero-order chi connectivity index (χ0) is 32.3. The van der Waals surface area contributed by atoms with E-state index in [-0.39, 0.29) is 55.0 Å². The molecule has 1 aliphatic carbocycles. The zero-order valence-corrected chi connectivity index (χ0v) is 27.2. The Morgan fingerprint density at radius 3 is 2.18 bits per heavy atom. The predicted octanol–water partition coefficient (Wildman–Crippen LogP) is 2.40. The molecule has 2 unspecified atom stereocenters. The molecule has 1 saturated heterocycles. The van der Waals surface area contributed by atoms with Crippen LogP contribution in [-0.4, -0.2) is 89.2 Å². The van der Waals surface area contributed by atoms with Crippen molar-refractivity contribution in [3.8, 4) is 28.4 Å². The number of methoxy groups -OCH3 is 3. The first-order valence-electron chi connectivity index (χ1n) is 14.6. The molecule has 1 aliphatic heterocycles. The molecule has 2 aromatic rings. The smallest absolute Gasteiger partial charge is 0.245 e. The average molecular weight is 631 g/mol. The highest BCUT2D eigenvalue weighted by molar-refractivity contribution is 7.88. The maximum atomic E-state index is 13.8. The lowest BCUT2D eigenvalue weighted by molar-refractivity contribution is -0.134. The molecule has 44 heavy (non-hydrogen) atoms. The second-order valence-electron chi connectivity index (χ2n) is 11.4. The van der Waals surface area contributed by atoms with E-state index in [1.54, 1.807) is 24.1 Å². The van der Waals surface area contributed by atoms with Gasteiger partial charge in [0.2, 0.25) is 33.0 Å². The highest BCUT2D eigenvalue weighted by Gasteiger charge is 2.33. The maximum Gasteiger partial charge on any atom is 0.245 e. The van der Waals surface area contributed by atoms with Gasteiger partial charge in [-0.25, -0.2) is 8.42 Å². The van der Waals surface area contributed by atoms with E-state index < -0.39 is 22.1 Å². The standard InChI is InChI=1S/C31H42N4O8S/c1-18(2)28(31(38)34-12-14-35(15-13-34)44(7,39)40)33-24-11-9-21-22(17-25(24)37)23(32-19(3)36)10-8-20-16-26(41-4)29(42-5)30(43-6)27(20)21/h9,11,16-18,23,28H,8,10,12-15H2,1-7H3,(H,32,36)(H,33,37). The first kappa shape index (κ1) is 33.1. The fourth-order valence-corrected chi connectivity index (χ4v) is 6.77. The number of aryl methyl sites for hydroxylation is 1. The number of nitrogens with one attached hydrogen (secondary N) is 2. The van der Waals surface area contributed by atoms with Crippen LogP contribution in [0.3, 0.4) is 0 Å². The molecule has 0 spiro atoms. The van der Waals surface area contributed by atoms with Gasteiger partial charge in [-0.1, -0.05) is 19.9 Å². The van der Waals surface area contributed by atoms with E-state index in [2.05, 4.69) is 10.6 Å². The van der Waals surface area contributed by atoms with Gasteiger partial charge in [-0.05, 0) is 53.6 Å². The van der Waals surface area contributed by atoms with Gasteiger partial charge in [0.25, 0.3) is 0 Å². The summed E-state index contributed by atoms with van der Waals surface area (Å²) in [5.74, 6) is 0.746. The van der Waals surface area contributed by atoms with E-state index in [9.17, 15) is 22.8 Å². The second-order valence-corrected chi connectivity index (χ2v) is 13.4. The van der Waals surface area contributed by atoms with Gasteiger partial charge in [-0.15, -0.1) is 0 Å². The monoisotopic (exact) mass is 630 g/mol. The Bertz CT molecular complexity index is 1590. The Morgan fingerprint density at radius 2 is 1.64 bits per heavy atom. The third-order valence-electron chi connectivity index (χ3n) is 8.18. The summed E-state index contributed by atoms with van der Waals surface area (Å²) in [6.07, 6.45) is 2.26. The summed E-state index contributed by atoms with van der Waals surface area (Å²) >= 11 is 0. The van der Waals surface area contributed by atoms with Crippen molar-refractivity contribution in [2.24, 2.45) is 5.92 Å². The van der Waals surface area contributed by atoms with E-state index in [1.165, 1.54) is 31.5 Å². The quantitative estimate of drug-likeness (QED) is 0.427. The van der Waals surface area contributed by atoms with Gasteiger partial charge < -0.3 is 29.7 Å². The van der Waals surface area contributed by atoms with Crippen LogP contribution in [0, 0.1) is 5.92 Å². The molecule has 2 N–H and O–H groups in total. The number of sulfonamides is 1. The molecule has 2 aliphatic rings. The lowest BCUT2D eigenvalue weighted by Crippen LogP contribution is -2.54. The minimum absolute atomic E-state index is 0.178. The third kappa shape index (κ3) is 6.78. The number of nitrogens with zero attached hydrogens (tertiary/aromatic N) is 2. The van der Waals surface area contributed by atoms with Crippen LogP contribution in [0.5, 0.6) is 17.2 Å². The summed E-state index contributed by atoms with van der Waals surface area (Å²) in [6, 6.07) is 5.67. The summed E-state index contributed by atoms with van der Waals surface area (Å²) in [4.78, 5) is 41.3. The molecule has 12 nitrogen and oxygen atoms in total. The first-order valence-corrected chi connectivity index (χ1v) is 16.4. The van der Waals surface area contributed by atoms with Crippen molar-refractivity contribution in [3.05, 3.63) is 45.6 Å². The molecule has 240 valence electrons. The maximum absolute atomic E-state index is 13.8. The highest BCUT2D eigenvalue weighted by Crippen LogP contribution is 2.50. The van der Waals surface area contributed by atoms with Crippen LogP contribution in [-0.2, 0) is 26.0 Å². The molecular weight excluding hydrogens is 588 g/mol. The van der Waals surface area contributed by atoms with Gasteiger partial charge in [0.15, 0.2) is 11.5 Å². The number of hydrogen-bond acceptors (Lipinski definition) is 9. The molecule has 13 heteroatoms. The molecule has 2 atom stereocenters. The van der Waals surface area contributed by atoms with E-state index in [4.69, 9.17) is 14.2 Å². The summed E-state index contributed by atoms with van der Waals surface area (Å²) in [5, 5.41) is 6.19. The Morgan fingerprint density at radius 1 is 0.977 bits per heavy atom. The van der Waals surface area contributed by atoms with Gasteiger partial charge in [0.1, 0.15) is 6.04 Å². The second kappa shape index (κ2) is 13.4. The van der Waals surface area contributed by atoms with E-state index >= 15 is 0 Å². The molecule has 0 aromatic heterocycles. The van der Waals surface area contributed by atoms with Crippen molar-refractivity contribution < 1.29 is 32.2 Å². The third-order valence-corrected chi connectivity index (χ3v) is 9.48. The Balaban J connectivity index is 1.79. The number of amides is 2. The molecule has 2 amide bonds. The number of benzene rings is 1. The van der Waals surface area contributed by atoms with Gasteiger partial charge in [0, 0.05) is 38.7 Å². The van der Waals surface area contributed by atoms with Gasteiger partial charge in [-0.2, -0.15) is 4.31 Å². The van der Waals surface area contributed by atoms with E-state index in [0.29, 0.717) is 41.2 Å². The van der Waals surface area contributed by atoms with Crippen LogP contribution < -0.4 is 30.3 Å². The minimum atomic E-state index is -3.34. The number of ether oxygens (including phenoxy) is 3. The van der Waals surface area contributed by atoms with Crippen molar-refractivity contribution in [1.29, 1.82) is 0 Å². The molecule has 0 bridgehead atoms. The zero-order valence-electron chi connectivity index (χ0n) is 26.4. The lowest BCUT2D eigenvalue weighted by atomic mass is 9.95. The van der Waals surface area contributed by atoms with Gasteiger partial charge >= 0.3 is 0 Å². The van der Waals surface area contributed by atoms with Crippen molar-refractivity contribution in [2.45, 2.75) is 45.7 Å². The average Bonchev–Trinajstić information content (AvgIpc) is 3.22. The van der Waals surface area contributed by atoms with Crippen molar-refractivity contribution in [3.63, 3.8) is 0 Å². The summed E-state index contributed by atoms with van der Waals surface area (Å²) in [6.45, 7) is 6.17. The van der Waals surface area contributed by atoms with Crippen molar-refractivity contribution in [1.82, 2.24) is 14.5 Å². The summed E-state index contributed by atoms with van der Waals surface area (Å²) < 4.78 is 42.3. The SMILES string of the molecule is COc1cc2c(c(OC)c1OC)-c1ccc(NC(C(=O)N3CCN(S(C)(=O)=O)CC3)C(C)C)c(=O)cc1C(NC(C)=O)CC2. The lowest BCUT2D eigenvalue weighted by Gasteiger charge is -2.36. The number of rotatable bonds is 9. The number of carbonyl (C=O) groups is 2. The van der Waals surface area contributed by atoms with Gasteiger partial charge in [-0.3, -0.25) is 14.4 Å². The van der Waals surface area contributed by atoms with Crippen molar-refractivity contribution >= 4 is 27.5 Å². The molecule has 4 rings (SSSR count). The number of fused-ring (bicyclic) bond motifs is 3. The largest absolute Gasteiger partial charge is 0.493 e. The normalized spacial score (nSPS) is 17.5. The molecular formula is C31H42N4O8S. The molecule has 0 saturated carbocycles. The molecule has 1 heterocycles. The molecule has 0 radical (unpaired) electrons. The van der Waals surface area contributed by atoms with E-state index in [0.717, 1.165) is 17.4 Å². The van der Waals surface area contributed by atoms with Gasteiger partial charge in [0.05, 0.1) is 39.3 Å². The van der Waals surface area contributed by atoms with Crippen molar-refractivity contribution in [2.75, 3.05) is 59.1 Å². The van der Waals surface area contributed by atoms with Crippen LogP contribution in [0.15, 0.2) is 29.1 Å². The van der Waals surface area contributed by atoms with Crippen LogP contribution in [0.2, 0.25) is 0 Å². The molecule has 1 fully saturated rings. The fourth-order valence-electron chi connectivity index (χ4n) is 5.94. The predicted molar refractivity (Wildman–Crippen MR) is 168 cm³/mol. The highest BCUT2D eigenvalue weighted by atomic mass is 32.2. The number of carbonyl (C=O) groups excluding carboxylic acids is 2. The first-order chi connectivity index (χ1) is 20.8. The van der Waals surface area contributed by atoms with Crippen LogP contribution >= 0.6 is 0 Å². The topological polar surface area (TPSA) is 144 Å². The van der Waals surface area contributed by atoms with Crippen LogP contribution in [0.25, 0.3) is 11.1 Å². The number of hydrogen-bond donors (Lipinski definition) is 2. The number of anilines is 1. The Labute approximate surface area is 258 Å². The molecule has 2 aromatic carbocycles. The fraction of sp³-hybridized carbons (Fsp3) is 0.516. The summed E-state index contributed by atoms with van der Waals surface area (Å²) in [5.41, 5.74) is 2.82. The minimum Gasteiger partial charge on any atom is -0.493 e. The summed E-state index contributed by atoms with van der Waals surface area (Å²) in [7, 11) is 1.27. The van der Waals surface area contributed by atoms with Crippen LogP contribution in [0.4, 0.5) is 5.69 Å². The number of piperazine rings is 1. The Hall–Kier alpha value is -3.84. The van der Waals surface area contributed by atoms with E-state index in [1.807, 2.05) is 19.9 Å². The Kier molecular flexibility index (Phi) is 10.1. The van der Waals surface area contributed by atoms with Crippen LogP contribution in [0.1, 0.15) is 44.4 Å².